The molecule has 0 aliphatic carbocycles. The predicted octanol–water partition coefficient (Wildman–Crippen LogP) is 6.41. The van der Waals surface area contributed by atoms with Crippen molar-refractivity contribution in [2.24, 2.45) is 0 Å². The molecule has 0 bridgehead atoms. The summed E-state index contributed by atoms with van der Waals surface area (Å²) in [4.78, 5) is 0. The first-order valence-electron chi connectivity index (χ1n) is 11.7. The summed E-state index contributed by atoms with van der Waals surface area (Å²) < 4.78 is 22.2. The lowest BCUT2D eigenvalue weighted by molar-refractivity contribution is -0.0880. The van der Waals surface area contributed by atoms with Crippen LogP contribution in [0.1, 0.15) is 106 Å². The van der Waals surface area contributed by atoms with Crippen LogP contribution in [0.5, 0.6) is 0 Å². The highest BCUT2D eigenvalue weighted by Crippen LogP contribution is 2.06. The Morgan fingerprint density at radius 3 is 1.57 bits per heavy atom. The quantitative estimate of drug-likeness (QED) is 0.188. The van der Waals surface area contributed by atoms with Gasteiger partial charge in [0, 0.05) is 20.3 Å². The van der Waals surface area contributed by atoms with Gasteiger partial charge in [-0.25, -0.2) is 0 Å². The van der Waals surface area contributed by atoms with E-state index in [1.165, 1.54) is 64.2 Å². The van der Waals surface area contributed by atoms with Crippen molar-refractivity contribution >= 4 is 0 Å². The molecule has 2 atom stereocenters. The lowest BCUT2D eigenvalue weighted by Crippen LogP contribution is -2.31. The number of ether oxygens (including phenoxy) is 4. The summed E-state index contributed by atoms with van der Waals surface area (Å²) in [5, 5.41) is 10.0. The first kappa shape index (κ1) is 34.4. The van der Waals surface area contributed by atoms with E-state index >= 15 is 0 Å². The van der Waals surface area contributed by atoms with E-state index in [-0.39, 0.29) is 27.6 Å². The Balaban J connectivity index is -0.00000364. The van der Waals surface area contributed by atoms with Crippen LogP contribution in [0.4, 0.5) is 0 Å². The molecule has 1 N–H and O–H groups in total. The fraction of sp³-hybridized carbons (Fsp3) is 1.00. The summed E-state index contributed by atoms with van der Waals surface area (Å²) in [7, 11) is 1.66. The van der Waals surface area contributed by atoms with Crippen LogP contribution in [0.15, 0.2) is 0 Å². The molecular formula is C25H56O5. The molecule has 0 rings (SSSR count). The Kier molecular flexibility index (Phi) is 33.0. The first-order chi connectivity index (χ1) is 13.7. The second-order valence-electron chi connectivity index (χ2n) is 7.75. The van der Waals surface area contributed by atoms with E-state index in [0.29, 0.717) is 26.4 Å². The molecule has 5 heteroatoms. The third-order valence-corrected chi connectivity index (χ3v) is 4.78. The smallest absolute Gasteiger partial charge is 0.104 e. The van der Waals surface area contributed by atoms with E-state index in [1.54, 1.807) is 7.11 Å². The van der Waals surface area contributed by atoms with E-state index in [2.05, 4.69) is 13.8 Å². The molecule has 0 amide bonds. The Morgan fingerprint density at radius 1 is 0.600 bits per heavy atom. The molecule has 0 radical (unpaired) electrons. The molecule has 0 saturated heterocycles. The van der Waals surface area contributed by atoms with Crippen molar-refractivity contribution in [3.05, 3.63) is 0 Å². The Labute approximate surface area is 189 Å². The molecule has 30 heavy (non-hydrogen) atoms. The van der Waals surface area contributed by atoms with Gasteiger partial charge < -0.3 is 24.1 Å². The monoisotopic (exact) mass is 436 g/mol. The van der Waals surface area contributed by atoms with Gasteiger partial charge in [0.2, 0.25) is 0 Å². The highest BCUT2D eigenvalue weighted by atomic mass is 16.6. The molecule has 2 unspecified atom stereocenters. The van der Waals surface area contributed by atoms with Gasteiger partial charge in [-0.1, -0.05) is 92.9 Å². The summed E-state index contributed by atoms with van der Waals surface area (Å²) in [5.41, 5.74) is 0. The minimum absolute atomic E-state index is 0. The van der Waals surface area contributed by atoms with E-state index < -0.39 is 6.10 Å². The molecule has 0 aromatic heterocycles. The van der Waals surface area contributed by atoms with Gasteiger partial charge in [0.25, 0.3) is 0 Å². The van der Waals surface area contributed by atoms with Crippen molar-refractivity contribution in [2.45, 2.75) is 118 Å². The fourth-order valence-electron chi connectivity index (χ4n) is 3.03. The molecule has 0 fully saturated rings. The van der Waals surface area contributed by atoms with Crippen LogP contribution in [-0.2, 0) is 18.9 Å². The fourth-order valence-corrected chi connectivity index (χ4v) is 3.03. The van der Waals surface area contributed by atoms with Gasteiger partial charge in [0.15, 0.2) is 0 Å². The summed E-state index contributed by atoms with van der Waals surface area (Å²) in [5.74, 6) is 0. The highest BCUT2D eigenvalue weighted by Gasteiger charge is 2.13. The largest absolute Gasteiger partial charge is 0.388 e. The van der Waals surface area contributed by atoms with Crippen LogP contribution in [0.2, 0.25) is 0 Å². The van der Waals surface area contributed by atoms with Crippen LogP contribution < -0.4 is 0 Å². The van der Waals surface area contributed by atoms with E-state index in [9.17, 15) is 5.11 Å². The van der Waals surface area contributed by atoms with Gasteiger partial charge in [-0.05, 0) is 12.8 Å². The predicted molar refractivity (Wildman–Crippen MR) is 129 cm³/mol. The maximum atomic E-state index is 10.0. The van der Waals surface area contributed by atoms with E-state index in [1.807, 2.05) is 0 Å². The minimum Gasteiger partial charge on any atom is -0.388 e. The van der Waals surface area contributed by atoms with Crippen LogP contribution in [-0.4, -0.2) is 64.1 Å². The topological polar surface area (TPSA) is 57.2 Å². The van der Waals surface area contributed by atoms with Crippen molar-refractivity contribution in [3.63, 3.8) is 0 Å². The number of unbranched alkanes of at least 4 members (excludes halogenated alkanes) is 10. The van der Waals surface area contributed by atoms with Gasteiger partial charge in [0.05, 0.1) is 26.4 Å². The van der Waals surface area contributed by atoms with Crippen molar-refractivity contribution in [1.82, 2.24) is 0 Å². The molecule has 0 aliphatic rings. The van der Waals surface area contributed by atoms with Gasteiger partial charge >= 0.3 is 0 Å². The lowest BCUT2D eigenvalue weighted by atomic mass is 10.1. The molecule has 5 nitrogen and oxygen atoms in total. The van der Waals surface area contributed by atoms with Crippen molar-refractivity contribution in [3.8, 4) is 0 Å². The number of aliphatic hydroxyl groups excluding tert-OH is 1. The second-order valence-corrected chi connectivity index (χ2v) is 7.75. The van der Waals surface area contributed by atoms with Crippen LogP contribution in [0, 0.1) is 0 Å². The normalized spacial score (nSPS) is 12.8. The molecule has 0 aromatic carbocycles. The van der Waals surface area contributed by atoms with Crippen LogP contribution in [0.3, 0.4) is 0 Å². The average Bonchev–Trinajstić information content (AvgIpc) is 2.70. The minimum atomic E-state index is -0.599. The number of rotatable bonds is 23. The zero-order valence-electron chi connectivity index (χ0n) is 19.0. The first-order valence-corrected chi connectivity index (χ1v) is 11.7. The number of hydrogen-bond acceptors (Lipinski definition) is 5. The Hall–Kier alpha value is -0.200. The maximum absolute atomic E-state index is 10.0. The maximum Gasteiger partial charge on any atom is 0.104 e. The Morgan fingerprint density at radius 2 is 1.07 bits per heavy atom. The molecule has 0 heterocycles. The molecule has 0 spiro atoms. The Bertz CT molecular complexity index is 289. The van der Waals surface area contributed by atoms with Crippen molar-refractivity contribution in [1.29, 1.82) is 0 Å². The molecular weight excluding hydrogens is 380 g/mol. The third-order valence-electron chi connectivity index (χ3n) is 4.78. The molecule has 0 aromatic rings. The zero-order chi connectivity index (χ0) is 20.7. The van der Waals surface area contributed by atoms with Gasteiger partial charge in [-0.15, -0.1) is 0 Å². The lowest BCUT2D eigenvalue weighted by Gasteiger charge is -2.19. The van der Waals surface area contributed by atoms with Crippen molar-refractivity contribution < 1.29 is 24.1 Å². The molecule has 0 aliphatic heterocycles. The van der Waals surface area contributed by atoms with Crippen LogP contribution in [0.25, 0.3) is 0 Å². The van der Waals surface area contributed by atoms with Gasteiger partial charge in [-0.2, -0.15) is 0 Å². The third kappa shape index (κ3) is 25.8. The summed E-state index contributed by atoms with van der Waals surface area (Å²) in [6.45, 7) is 7.50. The zero-order valence-corrected chi connectivity index (χ0v) is 19.0. The molecule has 0 saturated carbocycles. The number of methoxy groups -OCH3 is 1. The number of aliphatic hydroxyl groups is 1. The SMILES string of the molecule is C.C.CCCCCCCCOCC(O)COC(COC)COCCCCCCCC. The standard InChI is InChI=1S/C23H48O5.2CH4/c1-4-6-8-10-12-14-16-26-18-22(24)19-28-23(20-25-3)21-27-17-15-13-11-9-7-5-2;;/h22-24H,4-21H2,1-3H3;2*1H4. The highest BCUT2D eigenvalue weighted by molar-refractivity contribution is 4.59. The van der Waals surface area contributed by atoms with E-state index in [0.717, 1.165) is 19.4 Å². The van der Waals surface area contributed by atoms with Crippen LogP contribution >= 0.6 is 0 Å². The molecule has 186 valence electrons. The van der Waals surface area contributed by atoms with E-state index in [4.69, 9.17) is 18.9 Å². The van der Waals surface area contributed by atoms with Crippen molar-refractivity contribution in [2.75, 3.05) is 46.8 Å². The van der Waals surface area contributed by atoms with Gasteiger partial charge in [0.1, 0.15) is 12.2 Å². The summed E-state index contributed by atoms with van der Waals surface area (Å²) in [6, 6.07) is 0. The number of hydrogen-bond donors (Lipinski definition) is 1. The van der Waals surface area contributed by atoms with Gasteiger partial charge in [-0.3, -0.25) is 0 Å². The summed E-state index contributed by atoms with van der Waals surface area (Å²) >= 11 is 0. The second kappa shape index (κ2) is 28.8. The summed E-state index contributed by atoms with van der Waals surface area (Å²) in [6.07, 6.45) is 14.3. The average molecular weight is 437 g/mol.